The highest BCUT2D eigenvalue weighted by Crippen LogP contribution is 2.48. The standard InChI is InChI=1S/C13H26.C12H24/c1-12(2,3)10-13(4,5)11-8-6-7-9-11;1-11(2,3)9-12(4,5)10-7-6-8-10/h11H,6-10H2,1-5H3;10H,6-9H2,1-5H3. The Hall–Kier alpha value is 0. The molecule has 0 radical (unpaired) electrons. The molecule has 0 unspecified atom stereocenters. The van der Waals surface area contributed by atoms with Crippen LogP contribution in [0.5, 0.6) is 0 Å². The van der Waals surface area contributed by atoms with Gasteiger partial charge >= 0.3 is 0 Å². The molecule has 25 heavy (non-hydrogen) atoms. The Morgan fingerprint density at radius 1 is 0.480 bits per heavy atom. The maximum absolute atomic E-state index is 2.47. The number of hydrogen-bond donors (Lipinski definition) is 0. The molecule has 2 saturated carbocycles. The molecule has 0 heterocycles. The fraction of sp³-hybridized carbons (Fsp3) is 1.00. The Morgan fingerprint density at radius 2 is 0.760 bits per heavy atom. The van der Waals surface area contributed by atoms with E-state index in [1.54, 1.807) is 0 Å². The summed E-state index contributed by atoms with van der Waals surface area (Å²) >= 11 is 0. The van der Waals surface area contributed by atoms with Gasteiger partial charge in [0.25, 0.3) is 0 Å². The highest BCUT2D eigenvalue weighted by molar-refractivity contribution is 4.87. The van der Waals surface area contributed by atoms with E-state index in [1.165, 1.54) is 57.8 Å². The fourth-order valence-electron chi connectivity index (χ4n) is 5.92. The van der Waals surface area contributed by atoms with Gasteiger partial charge < -0.3 is 0 Å². The summed E-state index contributed by atoms with van der Waals surface area (Å²) < 4.78 is 0. The maximum atomic E-state index is 2.47. The molecule has 0 aromatic carbocycles. The van der Waals surface area contributed by atoms with Crippen LogP contribution in [0, 0.1) is 33.5 Å². The average Bonchev–Trinajstić information content (AvgIpc) is 2.71. The van der Waals surface area contributed by atoms with E-state index in [0.717, 1.165) is 11.8 Å². The van der Waals surface area contributed by atoms with E-state index < -0.39 is 0 Å². The third-order valence-electron chi connectivity index (χ3n) is 6.64. The summed E-state index contributed by atoms with van der Waals surface area (Å²) in [5.74, 6) is 2.00. The van der Waals surface area contributed by atoms with Crippen molar-refractivity contribution >= 4 is 0 Å². The van der Waals surface area contributed by atoms with Crippen molar-refractivity contribution in [2.24, 2.45) is 33.5 Å². The zero-order chi connectivity index (χ0) is 19.5. The summed E-state index contributed by atoms with van der Waals surface area (Å²) in [6.07, 6.45) is 13.0. The lowest BCUT2D eigenvalue weighted by Crippen LogP contribution is -2.33. The first-order valence-electron chi connectivity index (χ1n) is 11.1. The second-order valence-electron chi connectivity index (χ2n) is 13.1. The molecule has 2 fully saturated rings. The third kappa shape index (κ3) is 8.49. The van der Waals surface area contributed by atoms with Crippen molar-refractivity contribution in [1.29, 1.82) is 0 Å². The quantitative estimate of drug-likeness (QED) is 0.474. The largest absolute Gasteiger partial charge is 0.0602 e. The van der Waals surface area contributed by atoms with Crippen LogP contribution in [-0.2, 0) is 0 Å². The van der Waals surface area contributed by atoms with Gasteiger partial charge in [-0.15, -0.1) is 0 Å². The molecule has 0 heteroatoms. The molecule has 0 N–H and O–H groups in total. The predicted octanol–water partition coefficient (Wildman–Crippen LogP) is 8.89. The summed E-state index contributed by atoms with van der Waals surface area (Å²) in [7, 11) is 0. The van der Waals surface area contributed by atoms with Gasteiger partial charge in [0.1, 0.15) is 0 Å². The maximum Gasteiger partial charge on any atom is -0.0321 e. The first-order valence-corrected chi connectivity index (χ1v) is 11.1. The van der Waals surface area contributed by atoms with Gasteiger partial charge in [-0.3, -0.25) is 0 Å². The SMILES string of the molecule is CC(C)(C)CC(C)(C)C1CCC1.CC(C)(C)CC(C)(C)C1CCCC1. The van der Waals surface area contributed by atoms with E-state index in [-0.39, 0.29) is 0 Å². The van der Waals surface area contributed by atoms with Crippen LogP contribution >= 0.6 is 0 Å². The van der Waals surface area contributed by atoms with Gasteiger partial charge in [-0.05, 0) is 72.0 Å². The van der Waals surface area contributed by atoms with Gasteiger partial charge in [-0.2, -0.15) is 0 Å². The van der Waals surface area contributed by atoms with Crippen molar-refractivity contribution in [1.82, 2.24) is 0 Å². The summed E-state index contributed by atoms with van der Waals surface area (Å²) in [5.41, 5.74) is 2.14. The van der Waals surface area contributed by atoms with Crippen molar-refractivity contribution in [3.05, 3.63) is 0 Å². The third-order valence-corrected chi connectivity index (χ3v) is 6.64. The molecule has 0 atom stereocenters. The number of hydrogen-bond acceptors (Lipinski definition) is 0. The molecule has 0 aliphatic heterocycles. The zero-order valence-corrected chi connectivity index (χ0v) is 19.5. The van der Waals surface area contributed by atoms with Crippen molar-refractivity contribution in [3.8, 4) is 0 Å². The van der Waals surface area contributed by atoms with E-state index in [1.807, 2.05) is 0 Å². The van der Waals surface area contributed by atoms with Gasteiger partial charge in [0.15, 0.2) is 0 Å². The monoisotopic (exact) mass is 350 g/mol. The lowest BCUT2D eigenvalue weighted by atomic mass is 9.62. The van der Waals surface area contributed by atoms with Crippen LogP contribution in [0.4, 0.5) is 0 Å². The molecule has 0 aromatic heterocycles. The van der Waals surface area contributed by atoms with Crippen molar-refractivity contribution < 1.29 is 0 Å². The van der Waals surface area contributed by atoms with E-state index >= 15 is 0 Å². The minimum Gasteiger partial charge on any atom is -0.0602 e. The van der Waals surface area contributed by atoms with Crippen LogP contribution < -0.4 is 0 Å². The Morgan fingerprint density at radius 3 is 0.960 bits per heavy atom. The molecule has 2 aliphatic carbocycles. The Labute approximate surface area is 160 Å². The van der Waals surface area contributed by atoms with Crippen molar-refractivity contribution in [3.63, 3.8) is 0 Å². The fourth-order valence-corrected chi connectivity index (χ4v) is 5.92. The van der Waals surface area contributed by atoms with Crippen molar-refractivity contribution in [2.45, 2.75) is 127 Å². The molecule has 0 saturated heterocycles. The molecular formula is C25H50. The second kappa shape index (κ2) is 8.35. The number of rotatable bonds is 4. The Balaban J connectivity index is 0.000000251. The van der Waals surface area contributed by atoms with Crippen molar-refractivity contribution in [2.75, 3.05) is 0 Å². The molecular weight excluding hydrogens is 300 g/mol. The Bertz CT molecular complexity index is 375. The lowest BCUT2D eigenvalue weighted by molar-refractivity contribution is 0.0724. The summed E-state index contributed by atoms with van der Waals surface area (Å²) in [6, 6.07) is 0. The van der Waals surface area contributed by atoms with Crippen LogP contribution in [0.2, 0.25) is 0 Å². The lowest BCUT2D eigenvalue weighted by Gasteiger charge is -2.44. The Kier molecular flexibility index (Phi) is 7.69. The van der Waals surface area contributed by atoms with E-state index in [9.17, 15) is 0 Å². The highest BCUT2D eigenvalue weighted by Gasteiger charge is 2.36. The molecule has 0 aromatic rings. The van der Waals surface area contributed by atoms with Gasteiger partial charge in [0, 0.05) is 0 Å². The topological polar surface area (TPSA) is 0 Å². The minimum absolute atomic E-state index is 0.492. The first-order chi connectivity index (χ1) is 11.1. The molecule has 0 nitrogen and oxygen atoms in total. The zero-order valence-electron chi connectivity index (χ0n) is 19.5. The molecule has 2 aliphatic rings. The van der Waals surface area contributed by atoms with Gasteiger partial charge in [0.2, 0.25) is 0 Å². The van der Waals surface area contributed by atoms with Gasteiger partial charge in [-0.25, -0.2) is 0 Å². The average molecular weight is 351 g/mol. The molecule has 150 valence electrons. The summed E-state index contributed by atoms with van der Waals surface area (Å²) in [4.78, 5) is 0. The van der Waals surface area contributed by atoms with Crippen LogP contribution in [0.1, 0.15) is 127 Å². The van der Waals surface area contributed by atoms with Crippen LogP contribution in [-0.4, -0.2) is 0 Å². The van der Waals surface area contributed by atoms with E-state index in [2.05, 4.69) is 69.2 Å². The van der Waals surface area contributed by atoms with Gasteiger partial charge in [-0.1, -0.05) is 88.5 Å². The molecule has 0 amide bonds. The summed E-state index contributed by atoms with van der Waals surface area (Å²) in [6.45, 7) is 24.0. The highest BCUT2D eigenvalue weighted by atomic mass is 14.4. The second-order valence-corrected chi connectivity index (χ2v) is 13.1. The normalized spacial score (nSPS) is 20.9. The van der Waals surface area contributed by atoms with Gasteiger partial charge in [0.05, 0.1) is 0 Å². The predicted molar refractivity (Wildman–Crippen MR) is 115 cm³/mol. The van der Waals surface area contributed by atoms with Crippen LogP contribution in [0.25, 0.3) is 0 Å². The van der Waals surface area contributed by atoms with Crippen LogP contribution in [0.3, 0.4) is 0 Å². The summed E-state index contributed by atoms with van der Waals surface area (Å²) in [5, 5.41) is 0. The first kappa shape index (κ1) is 23.0. The van der Waals surface area contributed by atoms with Crippen LogP contribution in [0.15, 0.2) is 0 Å². The molecule has 2 rings (SSSR count). The molecule has 0 spiro atoms. The van der Waals surface area contributed by atoms with E-state index in [0.29, 0.717) is 21.7 Å². The molecule has 0 bridgehead atoms. The minimum atomic E-state index is 0.492. The van der Waals surface area contributed by atoms with E-state index in [4.69, 9.17) is 0 Å². The smallest absolute Gasteiger partial charge is 0.0321 e.